The summed E-state index contributed by atoms with van der Waals surface area (Å²) in [6.45, 7) is 2.13. The maximum atomic E-state index is 12.7. The highest BCUT2D eigenvalue weighted by molar-refractivity contribution is 7.85. The van der Waals surface area contributed by atoms with Crippen LogP contribution in [0.25, 0.3) is 0 Å². The summed E-state index contributed by atoms with van der Waals surface area (Å²) in [4.78, 5) is 1.98. The molecule has 0 aromatic carbocycles. The monoisotopic (exact) mass is 225 g/mol. The molecule has 1 atom stereocenters. The van der Waals surface area contributed by atoms with E-state index < -0.39 is 16.3 Å². The van der Waals surface area contributed by atoms with Gasteiger partial charge in [-0.25, -0.2) is 4.39 Å². The molecular formula is C8H16FNO3S. The summed E-state index contributed by atoms with van der Waals surface area (Å²) in [5, 5.41) is 0. The zero-order valence-electron chi connectivity index (χ0n) is 8.28. The Labute approximate surface area is 84.2 Å². The van der Waals surface area contributed by atoms with E-state index in [2.05, 4.69) is 4.18 Å². The normalized spacial score (nSPS) is 24.3. The van der Waals surface area contributed by atoms with Crippen LogP contribution in [0, 0.1) is 0 Å². The van der Waals surface area contributed by atoms with Gasteiger partial charge in [0.25, 0.3) is 10.1 Å². The van der Waals surface area contributed by atoms with Crippen molar-refractivity contribution in [1.29, 1.82) is 0 Å². The van der Waals surface area contributed by atoms with Crippen LogP contribution in [0.1, 0.15) is 12.8 Å². The van der Waals surface area contributed by atoms with Crippen molar-refractivity contribution < 1.29 is 17.0 Å². The molecule has 1 aliphatic rings. The molecule has 0 aromatic rings. The fraction of sp³-hybridized carbons (Fsp3) is 1.00. The van der Waals surface area contributed by atoms with Gasteiger partial charge in [0.2, 0.25) is 0 Å². The zero-order chi connectivity index (χ0) is 10.6. The van der Waals surface area contributed by atoms with E-state index in [1.54, 1.807) is 0 Å². The Bertz CT molecular complexity index is 268. The predicted octanol–water partition coefficient (Wildman–Crippen LogP) is 0.397. The van der Waals surface area contributed by atoms with Gasteiger partial charge in [-0.05, 0) is 12.8 Å². The first-order valence-corrected chi connectivity index (χ1v) is 6.50. The summed E-state index contributed by atoms with van der Waals surface area (Å²) in [6.07, 6.45) is 1.53. The minimum atomic E-state index is -3.32. The summed E-state index contributed by atoms with van der Waals surface area (Å²) < 4.78 is 38.4. The van der Waals surface area contributed by atoms with E-state index in [0.717, 1.165) is 12.8 Å². The van der Waals surface area contributed by atoms with Crippen molar-refractivity contribution in [1.82, 2.24) is 4.90 Å². The standard InChI is InChI=1S/C8H16FNO3S/c1-14(11,12)13-6-2-4-10-5-3-8(9)7-10/h8H,2-7H2,1H3/t8-/m1/s1. The minimum absolute atomic E-state index is 0.187. The van der Waals surface area contributed by atoms with Crippen molar-refractivity contribution in [2.45, 2.75) is 19.0 Å². The van der Waals surface area contributed by atoms with E-state index in [0.29, 0.717) is 25.9 Å². The van der Waals surface area contributed by atoms with Gasteiger partial charge in [-0.1, -0.05) is 0 Å². The molecule has 1 fully saturated rings. The number of rotatable bonds is 5. The van der Waals surface area contributed by atoms with Gasteiger partial charge in [-0.15, -0.1) is 0 Å². The number of likely N-dealkylation sites (tertiary alicyclic amines) is 1. The lowest BCUT2D eigenvalue weighted by Gasteiger charge is -2.13. The Hall–Kier alpha value is -0.200. The average Bonchev–Trinajstić information content (AvgIpc) is 2.44. The third-order valence-electron chi connectivity index (χ3n) is 2.13. The van der Waals surface area contributed by atoms with Crippen molar-refractivity contribution in [3.05, 3.63) is 0 Å². The van der Waals surface area contributed by atoms with Crippen molar-refractivity contribution in [3.8, 4) is 0 Å². The van der Waals surface area contributed by atoms with Gasteiger partial charge in [0.1, 0.15) is 6.17 Å². The van der Waals surface area contributed by atoms with Gasteiger partial charge in [0, 0.05) is 19.6 Å². The third-order valence-corrected chi connectivity index (χ3v) is 2.73. The highest BCUT2D eigenvalue weighted by Gasteiger charge is 2.20. The molecule has 0 N–H and O–H groups in total. The largest absolute Gasteiger partial charge is 0.300 e. The number of hydrogen-bond donors (Lipinski definition) is 0. The topological polar surface area (TPSA) is 46.6 Å². The summed E-state index contributed by atoms with van der Waals surface area (Å²) in [5.74, 6) is 0. The molecule has 0 amide bonds. The molecule has 1 heterocycles. The molecule has 6 heteroatoms. The highest BCUT2D eigenvalue weighted by atomic mass is 32.2. The smallest absolute Gasteiger partial charge is 0.264 e. The molecule has 14 heavy (non-hydrogen) atoms. The van der Waals surface area contributed by atoms with E-state index in [9.17, 15) is 12.8 Å². The van der Waals surface area contributed by atoms with Crippen molar-refractivity contribution in [2.24, 2.45) is 0 Å². The van der Waals surface area contributed by atoms with Crippen LogP contribution >= 0.6 is 0 Å². The SMILES string of the molecule is CS(=O)(=O)OCCCN1CC[C@@H](F)C1. The lowest BCUT2D eigenvalue weighted by molar-refractivity contribution is 0.251. The van der Waals surface area contributed by atoms with Gasteiger partial charge in [0.15, 0.2) is 0 Å². The zero-order valence-corrected chi connectivity index (χ0v) is 9.09. The summed E-state index contributed by atoms with van der Waals surface area (Å²) in [6, 6.07) is 0. The van der Waals surface area contributed by atoms with Crippen LogP contribution in [0.15, 0.2) is 0 Å². The first-order valence-electron chi connectivity index (χ1n) is 4.68. The molecule has 0 unspecified atom stereocenters. The van der Waals surface area contributed by atoms with Crippen LogP contribution in [0.5, 0.6) is 0 Å². The first-order chi connectivity index (χ1) is 6.47. The Balaban J connectivity index is 2.05. The second-order valence-electron chi connectivity index (χ2n) is 3.57. The second-order valence-corrected chi connectivity index (χ2v) is 5.21. The number of hydrogen-bond acceptors (Lipinski definition) is 4. The van der Waals surface area contributed by atoms with Crippen LogP contribution in [0.2, 0.25) is 0 Å². The fourth-order valence-electron chi connectivity index (χ4n) is 1.49. The van der Waals surface area contributed by atoms with E-state index in [1.807, 2.05) is 4.90 Å². The Morgan fingerprint density at radius 1 is 1.57 bits per heavy atom. The Kier molecular flexibility index (Phi) is 4.28. The van der Waals surface area contributed by atoms with Crippen molar-refractivity contribution in [3.63, 3.8) is 0 Å². The molecule has 84 valence electrons. The molecule has 1 saturated heterocycles. The maximum absolute atomic E-state index is 12.7. The number of nitrogens with zero attached hydrogens (tertiary/aromatic N) is 1. The summed E-state index contributed by atoms with van der Waals surface area (Å²) in [5.41, 5.74) is 0. The molecule has 0 bridgehead atoms. The van der Waals surface area contributed by atoms with Crippen molar-refractivity contribution >= 4 is 10.1 Å². The van der Waals surface area contributed by atoms with Crippen molar-refractivity contribution in [2.75, 3.05) is 32.5 Å². The van der Waals surface area contributed by atoms with E-state index >= 15 is 0 Å². The van der Waals surface area contributed by atoms with Gasteiger partial charge >= 0.3 is 0 Å². The van der Waals surface area contributed by atoms with E-state index in [1.165, 1.54) is 0 Å². The number of alkyl halides is 1. The Morgan fingerprint density at radius 2 is 2.29 bits per heavy atom. The summed E-state index contributed by atoms with van der Waals surface area (Å²) >= 11 is 0. The van der Waals surface area contributed by atoms with Crippen LogP contribution in [-0.4, -0.2) is 52.0 Å². The quantitative estimate of drug-likeness (QED) is 0.502. The molecule has 1 aliphatic heterocycles. The van der Waals surface area contributed by atoms with E-state index in [4.69, 9.17) is 0 Å². The average molecular weight is 225 g/mol. The van der Waals surface area contributed by atoms with Gasteiger partial charge < -0.3 is 4.90 Å². The number of halogens is 1. The molecule has 0 aromatic heterocycles. The van der Waals surface area contributed by atoms with E-state index in [-0.39, 0.29) is 6.61 Å². The van der Waals surface area contributed by atoms with Gasteiger partial charge in [0.05, 0.1) is 12.9 Å². The molecule has 0 aliphatic carbocycles. The molecule has 0 spiro atoms. The molecule has 0 saturated carbocycles. The van der Waals surface area contributed by atoms with Crippen LogP contribution < -0.4 is 0 Å². The van der Waals surface area contributed by atoms with Crippen LogP contribution in [0.3, 0.4) is 0 Å². The molecular weight excluding hydrogens is 209 g/mol. The second kappa shape index (κ2) is 5.04. The molecule has 1 rings (SSSR count). The highest BCUT2D eigenvalue weighted by Crippen LogP contribution is 2.12. The lowest BCUT2D eigenvalue weighted by atomic mass is 10.3. The lowest BCUT2D eigenvalue weighted by Crippen LogP contribution is -2.23. The van der Waals surface area contributed by atoms with Gasteiger partial charge in [-0.2, -0.15) is 8.42 Å². The molecule has 4 nitrogen and oxygen atoms in total. The first kappa shape index (κ1) is 11.9. The Morgan fingerprint density at radius 3 is 2.79 bits per heavy atom. The van der Waals surface area contributed by atoms with Crippen LogP contribution in [-0.2, 0) is 14.3 Å². The predicted molar refractivity (Wildman–Crippen MR) is 51.4 cm³/mol. The fourth-order valence-corrected chi connectivity index (χ4v) is 1.91. The third kappa shape index (κ3) is 4.88. The minimum Gasteiger partial charge on any atom is -0.300 e. The molecule has 0 radical (unpaired) electrons. The van der Waals surface area contributed by atoms with Gasteiger partial charge in [-0.3, -0.25) is 4.18 Å². The maximum Gasteiger partial charge on any atom is 0.264 e. The summed E-state index contributed by atoms with van der Waals surface area (Å²) in [7, 11) is -3.32. The van der Waals surface area contributed by atoms with Crippen LogP contribution in [0.4, 0.5) is 4.39 Å².